The lowest BCUT2D eigenvalue weighted by Gasteiger charge is -2.15. The molecule has 1 aromatic heterocycles. The second-order valence-electron chi connectivity index (χ2n) is 4.25. The van der Waals surface area contributed by atoms with Crippen molar-refractivity contribution in [3.05, 3.63) is 48.2 Å². The van der Waals surface area contributed by atoms with Gasteiger partial charge in [-0.1, -0.05) is 36.9 Å². The van der Waals surface area contributed by atoms with Crippen LogP contribution in [0, 0.1) is 0 Å². The maximum absolute atomic E-state index is 10.7. The first-order valence-corrected chi connectivity index (χ1v) is 6.31. The number of aldehydes is 1. The molecule has 4 nitrogen and oxygen atoms in total. The van der Waals surface area contributed by atoms with Gasteiger partial charge in [-0.25, -0.2) is 4.98 Å². The molecular formula is C16H17N3O. The minimum atomic E-state index is 0.656. The molecule has 0 aliphatic carbocycles. The Morgan fingerprint density at radius 3 is 2.35 bits per heavy atom. The molecule has 0 unspecified atom stereocenters. The van der Waals surface area contributed by atoms with E-state index in [9.17, 15) is 4.79 Å². The van der Waals surface area contributed by atoms with Gasteiger partial charge in [0, 0.05) is 37.0 Å². The normalized spacial score (nSPS) is 9.90. The Bertz CT molecular complexity index is 633. The van der Waals surface area contributed by atoms with E-state index in [0.29, 0.717) is 5.56 Å². The van der Waals surface area contributed by atoms with Crippen LogP contribution in [0.4, 0.5) is 11.5 Å². The molecule has 0 atom stereocenters. The van der Waals surface area contributed by atoms with E-state index in [1.54, 1.807) is 24.4 Å². The molecule has 0 aliphatic heterocycles. The molecule has 0 saturated carbocycles. The monoisotopic (exact) mass is 267 g/mol. The molecule has 0 saturated heterocycles. The van der Waals surface area contributed by atoms with Crippen LogP contribution in [0.25, 0.3) is 17.2 Å². The predicted molar refractivity (Wildman–Crippen MR) is 84.2 cm³/mol. The quantitative estimate of drug-likeness (QED) is 0.816. The molecule has 4 heteroatoms. The summed E-state index contributed by atoms with van der Waals surface area (Å²) in [7, 11) is 3.69. The van der Waals surface area contributed by atoms with Gasteiger partial charge in [-0.05, 0) is 5.56 Å². The Morgan fingerprint density at radius 1 is 1.15 bits per heavy atom. The van der Waals surface area contributed by atoms with Crippen molar-refractivity contribution in [2.45, 2.75) is 0 Å². The van der Waals surface area contributed by atoms with Crippen molar-refractivity contribution >= 4 is 23.9 Å². The third kappa shape index (κ3) is 2.40. The van der Waals surface area contributed by atoms with Crippen LogP contribution in [0.2, 0.25) is 0 Å². The van der Waals surface area contributed by atoms with Crippen LogP contribution in [0.3, 0.4) is 0 Å². The molecule has 0 radical (unpaired) electrons. The molecule has 0 spiro atoms. The first-order chi connectivity index (χ1) is 9.74. The highest BCUT2D eigenvalue weighted by molar-refractivity contribution is 5.88. The van der Waals surface area contributed by atoms with Crippen LogP contribution < -0.4 is 10.6 Å². The highest BCUT2D eigenvalue weighted by Gasteiger charge is 2.12. The van der Waals surface area contributed by atoms with Gasteiger partial charge in [0.15, 0.2) is 0 Å². The summed E-state index contributed by atoms with van der Waals surface area (Å²) in [5.74, 6) is 0.776. The van der Waals surface area contributed by atoms with E-state index in [1.807, 2.05) is 26.2 Å². The number of carbonyl (C=O) groups is 1. The number of carbonyl (C=O) groups excluding carboxylic acids is 1. The van der Waals surface area contributed by atoms with E-state index >= 15 is 0 Å². The fraction of sp³-hybridized carbons (Fsp3) is 0.125. The van der Waals surface area contributed by atoms with E-state index in [4.69, 9.17) is 0 Å². The maximum Gasteiger partial charge on any atom is 0.150 e. The molecule has 2 aromatic rings. The summed E-state index contributed by atoms with van der Waals surface area (Å²) in [6.45, 7) is 3.84. The average Bonchev–Trinajstić information content (AvgIpc) is 2.53. The zero-order valence-corrected chi connectivity index (χ0v) is 11.6. The summed E-state index contributed by atoms with van der Waals surface area (Å²) in [6.07, 6.45) is 4.41. The molecule has 2 N–H and O–H groups in total. The molecule has 1 heterocycles. The Morgan fingerprint density at radius 2 is 1.85 bits per heavy atom. The first-order valence-electron chi connectivity index (χ1n) is 6.31. The predicted octanol–water partition coefficient (Wildman–Crippen LogP) is 3.29. The van der Waals surface area contributed by atoms with E-state index in [1.165, 1.54) is 0 Å². The topological polar surface area (TPSA) is 54.0 Å². The van der Waals surface area contributed by atoms with Crippen LogP contribution in [0.1, 0.15) is 15.9 Å². The van der Waals surface area contributed by atoms with Gasteiger partial charge in [-0.2, -0.15) is 0 Å². The number of nitrogens with one attached hydrogen (secondary N) is 2. The van der Waals surface area contributed by atoms with Gasteiger partial charge >= 0.3 is 0 Å². The summed E-state index contributed by atoms with van der Waals surface area (Å²) in [4.78, 5) is 15.1. The summed E-state index contributed by atoms with van der Waals surface area (Å²) in [6, 6.07) is 7.41. The van der Waals surface area contributed by atoms with Gasteiger partial charge in [0.1, 0.15) is 12.1 Å². The lowest BCUT2D eigenvalue weighted by Crippen LogP contribution is -2.02. The second kappa shape index (κ2) is 6.02. The Hall–Kier alpha value is -2.62. The Labute approximate surface area is 118 Å². The van der Waals surface area contributed by atoms with Crippen molar-refractivity contribution in [1.82, 2.24) is 4.98 Å². The second-order valence-corrected chi connectivity index (χ2v) is 4.25. The number of aromatic nitrogens is 1. The van der Waals surface area contributed by atoms with Gasteiger partial charge in [-0.3, -0.25) is 4.79 Å². The van der Waals surface area contributed by atoms with Gasteiger partial charge in [0.25, 0.3) is 0 Å². The standard InChI is InChI=1S/C16H17N3O/c1-4-13-15(17-2)14(9-19-16(13)18-3)12-7-5-11(10-20)6-8-12/h4-10H,1H2,2-3H3,(H2,17,18,19). The maximum atomic E-state index is 10.7. The average molecular weight is 267 g/mol. The van der Waals surface area contributed by atoms with E-state index in [0.717, 1.165) is 34.5 Å². The molecule has 0 fully saturated rings. The lowest BCUT2D eigenvalue weighted by molar-refractivity contribution is 0.112. The van der Waals surface area contributed by atoms with Crippen LogP contribution >= 0.6 is 0 Å². The zero-order valence-electron chi connectivity index (χ0n) is 11.6. The number of pyridine rings is 1. The van der Waals surface area contributed by atoms with Crippen molar-refractivity contribution < 1.29 is 4.79 Å². The summed E-state index contributed by atoms with van der Waals surface area (Å²) in [5, 5.41) is 6.25. The molecular weight excluding hydrogens is 250 g/mol. The lowest BCUT2D eigenvalue weighted by atomic mass is 10.0. The third-order valence-corrected chi connectivity index (χ3v) is 3.17. The van der Waals surface area contributed by atoms with Crippen LogP contribution in [-0.4, -0.2) is 25.4 Å². The zero-order chi connectivity index (χ0) is 14.5. The number of hydrogen-bond acceptors (Lipinski definition) is 4. The molecule has 20 heavy (non-hydrogen) atoms. The minimum absolute atomic E-state index is 0.656. The fourth-order valence-corrected chi connectivity index (χ4v) is 2.15. The molecule has 0 bridgehead atoms. The van der Waals surface area contributed by atoms with Gasteiger partial charge in [0.2, 0.25) is 0 Å². The largest absolute Gasteiger partial charge is 0.387 e. The van der Waals surface area contributed by atoms with Crippen LogP contribution in [0.5, 0.6) is 0 Å². The van der Waals surface area contributed by atoms with Crippen molar-refractivity contribution in [2.24, 2.45) is 0 Å². The summed E-state index contributed by atoms with van der Waals surface area (Å²) < 4.78 is 0. The molecule has 102 valence electrons. The number of nitrogens with zero attached hydrogens (tertiary/aromatic N) is 1. The van der Waals surface area contributed by atoms with Crippen molar-refractivity contribution in [3.63, 3.8) is 0 Å². The van der Waals surface area contributed by atoms with Gasteiger partial charge in [-0.15, -0.1) is 0 Å². The molecule has 1 aromatic carbocycles. The molecule has 2 rings (SSSR count). The number of anilines is 2. The Kier molecular flexibility index (Phi) is 4.15. The van der Waals surface area contributed by atoms with E-state index < -0.39 is 0 Å². The summed E-state index contributed by atoms with van der Waals surface area (Å²) in [5.41, 5.74) is 4.51. The first kappa shape index (κ1) is 13.8. The van der Waals surface area contributed by atoms with Crippen molar-refractivity contribution in [1.29, 1.82) is 0 Å². The highest BCUT2D eigenvalue weighted by Crippen LogP contribution is 2.34. The number of benzene rings is 1. The van der Waals surface area contributed by atoms with Gasteiger partial charge in [0.05, 0.1) is 5.69 Å². The van der Waals surface area contributed by atoms with Crippen molar-refractivity contribution in [3.8, 4) is 11.1 Å². The SMILES string of the molecule is C=Cc1c(NC)ncc(-c2ccc(C=O)cc2)c1NC. The van der Waals surface area contributed by atoms with E-state index in [-0.39, 0.29) is 0 Å². The van der Waals surface area contributed by atoms with Crippen molar-refractivity contribution in [2.75, 3.05) is 24.7 Å². The molecule has 0 aliphatic rings. The van der Waals surface area contributed by atoms with Crippen LogP contribution in [0.15, 0.2) is 37.0 Å². The van der Waals surface area contributed by atoms with E-state index in [2.05, 4.69) is 22.2 Å². The third-order valence-electron chi connectivity index (χ3n) is 3.17. The highest BCUT2D eigenvalue weighted by atomic mass is 16.1. The fourth-order valence-electron chi connectivity index (χ4n) is 2.15. The smallest absolute Gasteiger partial charge is 0.150 e. The van der Waals surface area contributed by atoms with Crippen LogP contribution in [-0.2, 0) is 0 Å². The summed E-state index contributed by atoms with van der Waals surface area (Å²) >= 11 is 0. The Balaban J connectivity index is 2.60. The number of hydrogen-bond donors (Lipinski definition) is 2. The van der Waals surface area contributed by atoms with Gasteiger partial charge < -0.3 is 10.6 Å². The number of rotatable bonds is 5. The molecule has 0 amide bonds. The minimum Gasteiger partial charge on any atom is -0.387 e.